The van der Waals surface area contributed by atoms with E-state index >= 15 is 0 Å². The number of fused-ring (bicyclic) bond motifs is 1. The summed E-state index contributed by atoms with van der Waals surface area (Å²) in [5.74, 6) is -2.83. The highest BCUT2D eigenvalue weighted by atomic mass is 16.7. The minimum absolute atomic E-state index is 0.00630. The van der Waals surface area contributed by atoms with E-state index in [4.69, 9.17) is 23.7 Å². The Bertz CT molecular complexity index is 1270. The molecule has 1 aliphatic carbocycles. The molecule has 194 valence electrons. The lowest BCUT2D eigenvalue weighted by molar-refractivity contribution is -0.166. The van der Waals surface area contributed by atoms with Crippen LogP contribution in [0.1, 0.15) is 63.3 Å². The summed E-state index contributed by atoms with van der Waals surface area (Å²) in [4.78, 5) is 61.0. The van der Waals surface area contributed by atoms with Crippen molar-refractivity contribution in [3.8, 4) is 0 Å². The highest BCUT2D eigenvalue weighted by Gasteiger charge is 2.52. The average molecular weight is 507 g/mol. The molecule has 3 heterocycles. The van der Waals surface area contributed by atoms with Crippen molar-refractivity contribution in [2.24, 2.45) is 0 Å². The van der Waals surface area contributed by atoms with Gasteiger partial charge in [-0.2, -0.15) is 9.78 Å². The van der Waals surface area contributed by atoms with E-state index < -0.39 is 54.0 Å². The summed E-state index contributed by atoms with van der Waals surface area (Å²) in [5, 5.41) is 12.2. The smallest absolute Gasteiger partial charge is 0.361 e. The van der Waals surface area contributed by atoms with E-state index in [1.165, 1.54) is 11.6 Å². The van der Waals surface area contributed by atoms with E-state index in [0.717, 1.165) is 31.4 Å². The number of aromatic nitrogens is 5. The molecule has 4 atom stereocenters. The molecule has 0 radical (unpaired) electrons. The molecule has 0 spiro atoms. The van der Waals surface area contributed by atoms with E-state index in [9.17, 15) is 24.0 Å². The van der Waals surface area contributed by atoms with Crippen LogP contribution in [0.3, 0.4) is 0 Å². The summed E-state index contributed by atoms with van der Waals surface area (Å²) < 4.78 is 28.8. The number of nitrogens with zero attached hydrogens (tertiary/aromatic N) is 5. The maximum absolute atomic E-state index is 13.6. The maximum atomic E-state index is 13.6. The third-order valence-corrected chi connectivity index (χ3v) is 5.48. The zero-order valence-corrected chi connectivity index (χ0v) is 20.0. The fourth-order valence-corrected chi connectivity index (χ4v) is 3.94. The van der Waals surface area contributed by atoms with Gasteiger partial charge in [0, 0.05) is 20.8 Å². The number of carbonyl (C=O) groups excluding carboxylic acids is 4. The molecule has 2 fully saturated rings. The first-order valence-corrected chi connectivity index (χ1v) is 11.3. The van der Waals surface area contributed by atoms with Crippen LogP contribution in [0.4, 0.5) is 0 Å². The Labute approximate surface area is 203 Å². The molecule has 36 heavy (non-hydrogen) atoms. The molecule has 4 rings (SSSR count). The Hall–Kier alpha value is -3.88. The lowest BCUT2D eigenvalue weighted by Gasteiger charge is -2.23. The first kappa shape index (κ1) is 25.2. The van der Waals surface area contributed by atoms with Crippen molar-refractivity contribution in [3.05, 3.63) is 16.0 Å². The van der Waals surface area contributed by atoms with Crippen LogP contribution in [0.2, 0.25) is 0 Å². The van der Waals surface area contributed by atoms with Gasteiger partial charge in [-0.15, -0.1) is 5.10 Å². The molecule has 1 aliphatic heterocycles. The van der Waals surface area contributed by atoms with Crippen LogP contribution in [-0.2, 0) is 38.1 Å². The number of hydrogen-bond acceptors (Lipinski definition) is 13. The van der Waals surface area contributed by atoms with Crippen LogP contribution in [-0.4, -0.2) is 80.2 Å². The molecule has 0 N–H and O–H groups in total. The summed E-state index contributed by atoms with van der Waals surface area (Å²) in [6.07, 6.45) is -3.52. The van der Waals surface area contributed by atoms with Gasteiger partial charge >= 0.3 is 23.9 Å². The monoisotopic (exact) mass is 507 g/mol. The van der Waals surface area contributed by atoms with E-state index in [1.807, 2.05) is 0 Å². The first-order chi connectivity index (χ1) is 17.1. The summed E-state index contributed by atoms with van der Waals surface area (Å²) >= 11 is 0. The molecule has 1 saturated carbocycles. The van der Waals surface area contributed by atoms with Gasteiger partial charge in [0.15, 0.2) is 35.2 Å². The van der Waals surface area contributed by atoms with E-state index in [2.05, 4.69) is 15.4 Å². The number of ether oxygens (including phenoxy) is 5. The Morgan fingerprint density at radius 3 is 2.22 bits per heavy atom. The fourth-order valence-electron chi connectivity index (χ4n) is 3.94. The van der Waals surface area contributed by atoms with Crippen molar-refractivity contribution in [2.75, 3.05) is 13.2 Å². The van der Waals surface area contributed by atoms with Crippen molar-refractivity contribution >= 4 is 34.9 Å². The van der Waals surface area contributed by atoms with Gasteiger partial charge in [-0.3, -0.25) is 23.9 Å². The standard InChI is InChI=1S/C21H25N5O10/c1-5-32-21(31)15-14-16(25(23-15)12-6-7-12)19(30)26(24-22-14)20-18(35-11(4)29)17(34-10(3)28)13(36-20)8-33-9(2)27/h12-13,17-18,20H,5-8H2,1-4H3. The normalized spacial score (nSPS) is 23.3. The van der Waals surface area contributed by atoms with Crippen molar-refractivity contribution in [1.29, 1.82) is 0 Å². The van der Waals surface area contributed by atoms with Crippen LogP contribution >= 0.6 is 0 Å². The molecule has 2 aliphatic rings. The molecular weight excluding hydrogens is 482 g/mol. The first-order valence-electron chi connectivity index (χ1n) is 11.3. The van der Waals surface area contributed by atoms with Gasteiger partial charge in [-0.1, -0.05) is 5.21 Å². The summed E-state index contributed by atoms with van der Waals surface area (Å²) in [6, 6.07) is -0.111. The van der Waals surface area contributed by atoms with Crippen molar-refractivity contribution in [1.82, 2.24) is 24.8 Å². The number of carbonyl (C=O) groups is 4. The predicted octanol–water partition coefficient (Wildman–Crippen LogP) is -0.176. The van der Waals surface area contributed by atoms with Gasteiger partial charge in [0.2, 0.25) is 0 Å². The number of rotatable bonds is 8. The third kappa shape index (κ3) is 4.91. The molecule has 15 heteroatoms. The number of hydrogen-bond donors (Lipinski definition) is 0. The Morgan fingerprint density at radius 2 is 1.64 bits per heavy atom. The molecule has 2 aromatic rings. The highest BCUT2D eigenvalue weighted by molar-refractivity contribution is 5.99. The Morgan fingerprint density at radius 1 is 0.972 bits per heavy atom. The SMILES string of the molecule is CCOC(=O)c1nn(C2CC2)c2c(=O)n(C3OC(COC(C)=O)C(OC(C)=O)C3OC(C)=O)nnc12. The second-order valence-corrected chi connectivity index (χ2v) is 8.30. The average Bonchev–Trinajstić information content (AvgIpc) is 3.49. The van der Waals surface area contributed by atoms with Crippen LogP contribution in [0.5, 0.6) is 0 Å². The molecule has 4 unspecified atom stereocenters. The van der Waals surface area contributed by atoms with Gasteiger partial charge < -0.3 is 23.7 Å². The van der Waals surface area contributed by atoms with E-state index in [-0.39, 0.29) is 36.0 Å². The van der Waals surface area contributed by atoms with Gasteiger partial charge in [0.25, 0.3) is 5.56 Å². The van der Waals surface area contributed by atoms with E-state index in [0.29, 0.717) is 0 Å². The fraction of sp³-hybridized carbons (Fsp3) is 0.619. The molecule has 1 saturated heterocycles. The predicted molar refractivity (Wildman–Crippen MR) is 115 cm³/mol. The van der Waals surface area contributed by atoms with Crippen LogP contribution in [0.15, 0.2) is 4.79 Å². The lowest BCUT2D eigenvalue weighted by Crippen LogP contribution is -2.42. The van der Waals surface area contributed by atoms with Crippen molar-refractivity contribution < 1.29 is 42.9 Å². The Kier molecular flexibility index (Phi) is 7.01. The van der Waals surface area contributed by atoms with Gasteiger partial charge in [-0.25, -0.2) is 4.79 Å². The zero-order chi connectivity index (χ0) is 26.1. The van der Waals surface area contributed by atoms with E-state index in [1.54, 1.807) is 6.92 Å². The molecule has 2 aromatic heterocycles. The third-order valence-electron chi connectivity index (χ3n) is 5.48. The second kappa shape index (κ2) is 10.0. The molecule has 0 amide bonds. The molecule has 0 aromatic carbocycles. The van der Waals surface area contributed by atoms with Gasteiger partial charge in [0.05, 0.1) is 12.6 Å². The topological polar surface area (TPSA) is 180 Å². The number of esters is 4. The molecular formula is C21H25N5O10. The van der Waals surface area contributed by atoms with Crippen LogP contribution in [0, 0.1) is 0 Å². The van der Waals surface area contributed by atoms with Gasteiger partial charge in [0.1, 0.15) is 12.7 Å². The lowest BCUT2D eigenvalue weighted by atomic mass is 10.1. The largest absolute Gasteiger partial charge is 0.463 e. The summed E-state index contributed by atoms with van der Waals surface area (Å²) in [7, 11) is 0. The highest BCUT2D eigenvalue weighted by Crippen LogP contribution is 2.37. The summed E-state index contributed by atoms with van der Waals surface area (Å²) in [6.45, 7) is 4.84. The van der Waals surface area contributed by atoms with Crippen LogP contribution in [0.25, 0.3) is 11.0 Å². The molecule has 15 nitrogen and oxygen atoms in total. The zero-order valence-electron chi connectivity index (χ0n) is 20.0. The second-order valence-electron chi connectivity index (χ2n) is 8.30. The minimum atomic E-state index is -1.39. The quantitative estimate of drug-likeness (QED) is 0.339. The van der Waals surface area contributed by atoms with Crippen LogP contribution < -0.4 is 5.56 Å². The maximum Gasteiger partial charge on any atom is 0.361 e. The van der Waals surface area contributed by atoms with Crippen molar-refractivity contribution in [3.63, 3.8) is 0 Å². The summed E-state index contributed by atoms with van der Waals surface area (Å²) in [5.41, 5.74) is -0.929. The minimum Gasteiger partial charge on any atom is -0.463 e. The van der Waals surface area contributed by atoms with Crippen molar-refractivity contribution in [2.45, 2.75) is 71.1 Å². The molecule has 0 bridgehead atoms. The Balaban J connectivity index is 1.81. The van der Waals surface area contributed by atoms with Gasteiger partial charge in [-0.05, 0) is 19.8 Å².